The average Bonchev–Trinajstić information content (AvgIpc) is 2.80. The van der Waals surface area contributed by atoms with Gasteiger partial charge in [-0.3, -0.25) is 0 Å². The molecule has 1 unspecified atom stereocenters. The van der Waals surface area contributed by atoms with Crippen LogP contribution in [0.4, 0.5) is 16.2 Å². The van der Waals surface area contributed by atoms with E-state index in [9.17, 15) is 9.59 Å². The summed E-state index contributed by atoms with van der Waals surface area (Å²) in [6.45, 7) is 1.91. The molecule has 0 bridgehead atoms. The Morgan fingerprint density at radius 3 is 2.53 bits per heavy atom. The molecule has 6 nitrogen and oxygen atoms in total. The molecule has 1 heterocycles. The average molecular weight is 449 g/mol. The van der Waals surface area contributed by atoms with E-state index in [1.54, 1.807) is 66.7 Å². The molecule has 7 heteroatoms. The minimum atomic E-state index is -0.798. The molecule has 32 heavy (non-hydrogen) atoms. The third kappa shape index (κ3) is 5.10. The predicted octanol–water partition coefficient (Wildman–Crippen LogP) is 6.01. The van der Waals surface area contributed by atoms with E-state index in [0.29, 0.717) is 27.7 Å². The van der Waals surface area contributed by atoms with Crippen molar-refractivity contribution in [1.29, 1.82) is 0 Å². The van der Waals surface area contributed by atoms with Crippen molar-refractivity contribution in [2.75, 3.05) is 17.2 Å². The van der Waals surface area contributed by atoms with Gasteiger partial charge in [0, 0.05) is 11.3 Å². The van der Waals surface area contributed by atoms with E-state index in [1.807, 2.05) is 25.1 Å². The Kier molecular flexibility index (Phi) is 6.14. The van der Waals surface area contributed by atoms with E-state index in [1.165, 1.54) is 0 Å². The summed E-state index contributed by atoms with van der Waals surface area (Å²) in [5.74, 6) is 0.224. The Bertz CT molecular complexity index is 1180. The number of amides is 2. The summed E-state index contributed by atoms with van der Waals surface area (Å²) in [7, 11) is 0. The number of carbonyl (C=O) groups is 2. The zero-order chi connectivity index (χ0) is 22.6. The van der Waals surface area contributed by atoms with E-state index >= 15 is 0 Å². The van der Waals surface area contributed by atoms with Crippen molar-refractivity contribution in [3.8, 4) is 5.75 Å². The molecule has 0 aromatic heterocycles. The number of carbonyl (C=O) groups excluding carboxylic acids is 2. The lowest BCUT2D eigenvalue weighted by Crippen LogP contribution is -2.38. The summed E-state index contributed by atoms with van der Waals surface area (Å²) in [6.07, 6.45) is 3.72. The van der Waals surface area contributed by atoms with Gasteiger partial charge in [0.2, 0.25) is 0 Å². The fourth-order valence-corrected chi connectivity index (χ4v) is 3.37. The number of hydrogen-bond donors (Lipinski definition) is 2. The first-order valence-corrected chi connectivity index (χ1v) is 10.4. The van der Waals surface area contributed by atoms with Crippen LogP contribution in [0.2, 0.25) is 5.02 Å². The Morgan fingerprint density at radius 2 is 1.75 bits per heavy atom. The van der Waals surface area contributed by atoms with Crippen LogP contribution in [-0.2, 0) is 4.74 Å². The number of ether oxygens (including phenoxy) is 2. The van der Waals surface area contributed by atoms with E-state index in [0.717, 1.165) is 5.56 Å². The Balaban J connectivity index is 1.38. The summed E-state index contributed by atoms with van der Waals surface area (Å²) < 4.78 is 11.5. The van der Waals surface area contributed by atoms with Crippen LogP contribution in [0.5, 0.6) is 5.75 Å². The van der Waals surface area contributed by atoms with Crippen LogP contribution in [0.3, 0.4) is 0 Å². The lowest BCUT2D eigenvalue weighted by atomic mass is 10.0. The second-order valence-electron chi connectivity index (χ2n) is 7.50. The quantitative estimate of drug-likeness (QED) is 0.469. The van der Waals surface area contributed by atoms with Crippen molar-refractivity contribution in [3.63, 3.8) is 0 Å². The maximum Gasteiger partial charge on any atom is 0.338 e. The maximum atomic E-state index is 12.3. The summed E-state index contributed by atoms with van der Waals surface area (Å²) in [4.78, 5) is 24.5. The highest BCUT2D eigenvalue weighted by molar-refractivity contribution is 6.33. The number of urea groups is 1. The van der Waals surface area contributed by atoms with Crippen LogP contribution >= 0.6 is 11.6 Å². The van der Waals surface area contributed by atoms with Gasteiger partial charge in [-0.25, -0.2) is 9.59 Å². The van der Waals surface area contributed by atoms with Crippen LogP contribution in [-0.4, -0.2) is 24.2 Å². The first kappa shape index (κ1) is 21.5. The molecule has 1 aliphatic heterocycles. The number of fused-ring (bicyclic) bond motifs is 1. The zero-order valence-electron chi connectivity index (χ0n) is 17.3. The molecule has 0 saturated carbocycles. The molecule has 0 saturated heterocycles. The largest absolute Gasteiger partial charge is 0.479 e. The molecule has 0 radical (unpaired) electrons. The first-order chi connectivity index (χ1) is 15.4. The Morgan fingerprint density at radius 1 is 1.00 bits per heavy atom. The highest BCUT2D eigenvalue weighted by Gasteiger charge is 2.29. The summed E-state index contributed by atoms with van der Waals surface area (Å²) >= 11 is 6.07. The fraction of sp³-hybridized carbons (Fsp3) is 0.120. The third-order valence-corrected chi connectivity index (χ3v) is 5.18. The second-order valence-corrected chi connectivity index (χ2v) is 7.91. The smallest absolute Gasteiger partial charge is 0.338 e. The first-order valence-electron chi connectivity index (χ1n) is 9.99. The van der Waals surface area contributed by atoms with Gasteiger partial charge in [0.25, 0.3) is 0 Å². The Hall–Kier alpha value is -3.77. The molecular formula is C25H21ClN2O4. The molecule has 3 aromatic carbocycles. The number of benzene rings is 3. The molecule has 0 aliphatic carbocycles. The molecule has 3 aromatic rings. The van der Waals surface area contributed by atoms with Gasteiger partial charge in [-0.15, -0.1) is 0 Å². The highest BCUT2D eigenvalue weighted by Crippen LogP contribution is 2.33. The number of anilines is 2. The van der Waals surface area contributed by atoms with E-state index in [4.69, 9.17) is 21.1 Å². The number of rotatable bonds is 5. The van der Waals surface area contributed by atoms with Crippen molar-refractivity contribution in [1.82, 2.24) is 0 Å². The predicted molar refractivity (Wildman–Crippen MR) is 125 cm³/mol. The van der Waals surface area contributed by atoms with Crippen LogP contribution in [0, 0.1) is 0 Å². The molecule has 1 atom stereocenters. The van der Waals surface area contributed by atoms with Gasteiger partial charge in [0.1, 0.15) is 12.4 Å². The summed E-state index contributed by atoms with van der Waals surface area (Å²) in [5.41, 5.74) is 1.61. The molecule has 2 N–H and O–H groups in total. The van der Waals surface area contributed by atoms with E-state index < -0.39 is 17.6 Å². The number of hydrogen-bond acceptors (Lipinski definition) is 4. The Labute approximate surface area is 190 Å². The SMILES string of the molecule is CC1(COC(=O)c2ccccc2)C=Cc2cc(NC(=O)Nc3ccccc3Cl)ccc2O1. The molecular weight excluding hydrogens is 428 g/mol. The normalized spacial score (nSPS) is 16.4. The van der Waals surface area contributed by atoms with Gasteiger partial charge in [0.15, 0.2) is 5.60 Å². The van der Waals surface area contributed by atoms with Gasteiger partial charge in [-0.2, -0.15) is 0 Å². The monoisotopic (exact) mass is 448 g/mol. The molecule has 0 fully saturated rings. The topological polar surface area (TPSA) is 76.7 Å². The second kappa shape index (κ2) is 9.16. The van der Waals surface area contributed by atoms with Crippen molar-refractivity contribution in [3.05, 3.63) is 95.0 Å². The van der Waals surface area contributed by atoms with Gasteiger partial charge in [0.05, 0.1) is 16.3 Å². The summed E-state index contributed by atoms with van der Waals surface area (Å²) in [6, 6.07) is 20.7. The molecule has 162 valence electrons. The van der Waals surface area contributed by atoms with Gasteiger partial charge in [-0.1, -0.05) is 48.0 Å². The van der Waals surface area contributed by atoms with Crippen LogP contribution in [0.15, 0.2) is 78.9 Å². The number of para-hydroxylation sites is 1. The molecule has 4 rings (SSSR count). The molecule has 2 amide bonds. The van der Waals surface area contributed by atoms with Gasteiger partial charge < -0.3 is 20.1 Å². The minimum Gasteiger partial charge on any atom is -0.479 e. The zero-order valence-corrected chi connectivity index (χ0v) is 18.1. The van der Waals surface area contributed by atoms with E-state index in [-0.39, 0.29) is 6.61 Å². The molecule has 1 aliphatic rings. The summed E-state index contributed by atoms with van der Waals surface area (Å²) in [5, 5.41) is 5.95. The number of halogens is 1. The van der Waals surface area contributed by atoms with Crippen LogP contribution in [0.25, 0.3) is 6.08 Å². The van der Waals surface area contributed by atoms with Crippen molar-refractivity contribution >= 4 is 41.1 Å². The van der Waals surface area contributed by atoms with Gasteiger partial charge in [-0.05, 0) is 55.5 Å². The van der Waals surface area contributed by atoms with Crippen molar-refractivity contribution < 1.29 is 19.1 Å². The number of esters is 1. The van der Waals surface area contributed by atoms with E-state index in [2.05, 4.69) is 10.6 Å². The maximum absolute atomic E-state index is 12.3. The lowest BCUT2D eigenvalue weighted by Gasteiger charge is -2.31. The lowest BCUT2D eigenvalue weighted by molar-refractivity contribution is 0.0140. The van der Waals surface area contributed by atoms with Gasteiger partial charge >= 0.3 is 12.0 Å². The standard InChI is InChI=1S/C25H21ClN2O4/c1-25(16-31-23(29)17-7-3-2-4-8-17)14-13-18-15-19(11-12-22(18)32-25)27-24(30)28-21-10-6-5-9-20(21)26/h2-15H,16H2,1H3,(H2,27,28,30). The molecule has 0 spiro atoms. The third-order valence-electron chi connectivity index (χ3n) is 4.85. The fourth-order valence-electron chi connectivity index (χ4n) is 3.19. The van der Waals surface area contributed by atoms with Crippen LogP contribution in [0.1, 0.15) is 22.8 Å². The minimum absolute atomic E-state index is 0.0664. The van der Waals surface area contributed by atoms with Crippen molar-refractivity contribution in [2.45, 2.75) is 12.5 Å². The van der Waals surface area contributed by atoms with Crippen molar-refractivity contribution in [2.24, 2.45) is 0 Å². The highest BCUT2D eigenvalue weighted by atomic mass is 35.5. The van der Waals surface area contributed by atoms with Crippen LogP contribution < -0.4 is 15.4 Å². The number of nitrogens with one attached hydrogen (secondary N) is 2.